The number of benzene rings is 2. The van der Waals surface area contributed by atoms with Crippen molar-refractivity contribution in [1.82, 2.24) is 9.72 Å². The van der Waals surface area contributed by atoms with Gasteiger partial charge in [0.2, 0.25) is 0 Å². The second kappa shape index (κ2) is 8.95. The number of carboxylic acids is 1. The third-order valence-corrected chi connectivity index (χ3v) is 6.93. The molecule has 0 bridgehead atoms. The lowest BCUT2D eigenvalue weighted by Gasteiger charge is -2.24. The van der Waals surface area contributed by atoms with Crippen molar-refractivity contribution in [3.63, 3.8) is 0 Å². The number of carbonyl (C=O) groups is 2. The fourth-order valence-corrected chi connectivity index (χ4v) is 5.21. The van der Waals surface area contributed by atoms with E-state index in [0.717, 1.165) is 29.5 Å². The monoisotopic (exact) mass is 507 g/mol. The average Bonchev–Trinajstić information content (AvgIpc) is 3.58. The first-order valence-electron chi connectivity index (χ1n) is 11.7. The van der Waals surface area contributed by atoms with Crippen LogP contribution in [0.5, 0.6) is 0 Å². The number of hydrogen-bond donors (Lipinski definition) is 2. The van der Waals surface area contributed by atoms with E-state index in [1.165, 1.54) is 19.1 Å². The zero-order chi connectivity index (χ0) is 26.6. The van der Waals surface area contributed by atoms with Gasteiger partial charge >= 0.3 is 5.97 Å². The summed E-state index contributed by atoms with van der Waals surface area (Å²) >= 11 is 0. The molecule has 0 unspecified atom stereocenters. The number of aryl methyl sites for hydroxylation is 1. The quantitative estimate of drug-likeness (QED) is 0.384. The summed E-state index contributed by atoms with van der Waals surface area (Å²) in [5.74, 6) is -4.26. The van der Waals surface area contributed by atoms with Crippen LogP contribution in [-0.2, 0) is 6.54 Å². The van der Waals surface area contributed by atoms with Gasteiger partial charge in [0, 0.05) is 23.1 Å². The number of nitrogens with zero attached hydrogens (tertiary/aromatic N) is 2. The van der Waals surface area contributed by atoms with E-state index in [2.05, 4.69) is 5.16 Å². The smallest absolute Gasteiger partial charge is 0.338 e. The fraction of sp³-hybridized carbons (Fsp3) is 0.259. The number of halogens is 2. The van der Waals surface area contributed by atoms with Gasteiger partial charge in [0.15, 0.2) is 0 Å². The van der Waals surface area contributed by atoms with E-state index in [1.807, 2.05) is 0 Å². The number of fused-ring (bicyclic) bond motifs is 1. The van der Waals surface area contributed by atoms with Gasteiger partial charge in [-0.15, -0.1) is 0 Å². The molecule has 0 aliphatic heterocycles. The molecular weight excluding hydrogens is 484 g/mol. The Morgan fingerprint density at radius 3 is 2.43 bits per heavy atom. The number of carboxylic acid groups (broad SMARTS) is 1. The molecule has 2 aromatic heterocycles. The Morgan fingerprint density at radius 2 is 1.84 bits per heavy atom. The Kier molecular flexibility index (Phi) is 5.89. The molecule has 0 radical (unpaired) electrons. The van der Waals surface area contributed by atoms with E-state index < -0.39 is 40.4 Å². The summed E-state index contributed by atoms with van der Waals surface area (Å²) in [7, 11) is 0. The van der Waals surface area contributed by atoms with E-state index in [-0.39, 0.29) is 40.2 Å². The van der Waals surface area contributed by atoms with Crippen LogP contribution < -0.4 is 11.3 Å². The zero-order valence-electron chi connectivity index (χ0n) is 20.0. The summed E-state index contributed by atoms with van der Waals surface area (Å²) in [5, 5.41) is 13.6. The van der Waals surface area contributed by atoms with Crippen LogP contribution in [0.1, 0.15) is 67.8 Å². The molecule has 2 heterocycles. The van der Waals surface area contributed by atoms with E-state index >= 15 is 4.39 Å². The first kappa shape index (κ1) is 24.4. The topological polar surface area (TPSA) is 128 Å². The van der Waals surface area contributed by atoms with Gasteiger partial charge in [0.25, 0.3) is 11.5 Å². The highest BCUT2D eigenvalue weighted by Gasteiger charge is 2.38. The van der Waals surface area contributed by atoms with E-state index in [9.17, 15) is 23.9 Å². The normalized spacial score (nSPS) is 14.2. The van der Waals surface area contributed by atoms with Crippen molar-refractivity contribution in [3.8, 4) is 0 Å². The van der Waals surface area contributed by atoms with Crippen molar-refractivity contribution >= 4 is 22.6 Å². The molecule has 2 aromatic carbocycles. The molecule has 190 valence electrons. The van der Waals surface area contributed by atoms with Crippen molar-refractivity contribution in [2.24, 2.45) is 11.7 Å². The van der Waals surface area contributed by atoms with Crippen molar-refractivity contribution < 1.29 is 28.0 Å². The fourth-order valence-electron chi connectivity index (χ4n) is 5.21. The average molecular weight is 507 g/mol. The van der Waals surface area contributed by atoms with Crippen LogP contribution in [0.25, 0.3) is 10.8 Å². The third-order valence-electron chi connectivity index (χ3n) is 6.93. The molecule has 8 nitrogen and oxygen atoms in total. The Hall–Kier alpha value is -4.34. The third kappa shape index (κ3) is 4.08. The second-order valence-corrected chi connectivity index (χ2v) is 9.36. The lowest BCUT2D eigenvalue weighted by molar-refractivity contribution is 0.0696. The molecule has 1 saturated carbocycles. The van der Waals surface area contributed by atoms with Gasteiger partial charge in [0.05, 0.1) is 23.1 Å². The lowest BCUT2D eigenvalue weighted by Crippen LogP contribution is -2.28. The van der Waals surface area contributed by atoms with Gasteiger partial charge < -0.3 is 19.9 Å². The van der Waals surface area contributed by atoms with Crippen molar-refractivity contribution in [3.05, 3.63) is 97.8 Å². The van der Waals surface area contributed by atoms with Crippen molar-refractivity contribution in [2.45, 2.75) is 39.2 Å². The molecule has 37 heavy (non-hydrogen) atoms. The number of nitrogens with two attached hydrogens (primary N) is 1. The number of carbonyl (C=O) groups excluding carboxylic acids is 1. The maximum absolute atomic E-state index is 15.3. The van der Waals surface area contributed by atoms with Crippen LogP contribution in [0.4, 0.5) is 8.78 Å². The van der Waals surface area contributed by atoms with Crippen LogP contribution in [0, 0.1) is 31.4 Å². The van der Waals surface area contributed by atoms with Crippen LogP contribution in [0.3, 0.4) is 0 Å². The molecule has 0 saturated heterocycles. The number of aromatic carboxylic acids is 1. The minimum Gasteiger partial charge on any atom is -0.478 e. The maximum Gasteiger partial charge on any atom is 0.338 e. The van der Waals surface area contributed by atoms with E-state index in [4.69, 9.17) is 10.3 Å². The number of aromatic nitrogens is 2. The summed E-state index contributed by atoms with van der Waals surface area (Å²) in [6.07, 6.45) is 1.45. The van der Waals surface area contributed by atoms with Gasteiger partial charge in [0.1, 0.15) is 23.1 Å². The first-order valence-corrected chi connectivity index (χ1v) is 11.7. The number of hydrogen-bond acceptors (Lipinski definition) is 5. The lowest BCUT2D eigenvalue weighted by atomic mass is 9.81. The molecule has 1 fully saturated rings. The molecule has 1 aliphatic carbocycles. The van der Waals surface area contributed by atoms with Gasteiger partial charge in [-0.05, 0) is 55.9 Å². The van der Waals surface area contributed by atoms with E-state index in [0.29, 0.717) is 17.0 Å². The van der Waals surface area contributed by atoms with Crippen LogP contribution in [0.15, 0.2) is 45.7 Å². The summed E-state index contributed by atoms with van der Waals surface area (Å²) in [4.78, 5) is 38.4. The summed E-state index contributed by atoms with van der Waals surface area (Å²) < 4.78 is 36.2. The number of rotatable bonds is 7. The largest absolute Gasteiger partial charge is 0.478 e. The highest BCUT2D eigenvalue weighted by atomic mass is 19.1. The van der Waals surface area contributed by atoms with E-state index in [1.54, 1.807) is 19.1 Å². The summed E-state index contributed by atoms with van der Waals surface area (Å²) in [5.41, 5.74) is 5.29. The first-order chi connectivity index (χ1) is 17.6. The van der Waals surface area contributed by atoms with Gasteiger partial charge in [-0.2, -0.15) is 0 Å². The predicted molar refractivity (Wildman–Crippen MR) is 130 cm³/mol. The molecular formula is C27H23F2N3O5. The Balaban J connectivity index is 1.85. The van der Waals surface area contributed by atoms with Crippen LogP contribution in [-0.4, -0.2) is 26.7 Å². The number of amides is 1. The molecule has 1 atom stereocenters. The van der Waals surface area contributed by atoms with Gasteiger partial charge in [-0.1, -0.05) is 23.4 Å². The van der Waals surface area contributed by atoms with Crippen molar-refractivity contribution in [2.75, 3.05) is 0 Å². The van der Waals surface area contributed by atoms with Gasteiger partial charge in [-0.3, -0.25) is 9.59 Å². The Bertz CT molecular complexity index is 1650. The number of primary amides is 1. The molecule has 5 rings (SSSR count). The number of pyridine rings is 1. The molecule has 1 amide bonds. The van der Waals surface area contributed by atoms with Crippen molar-refractivity contribution in [1.29, 1.82) is 0 Å². The van der Waals surface area contributed by atoms with Gasteiger partial charge in [-0.25, -0.2) is 13.6 Å². The summed E-state index contributed by atoms with van der Waals surface area (Å²) in [6.45, 7) is 3.02. The maximum atomic E-state index is 15.3. The Morgan fingerprint density at radius 1 is 1.11 bits per heavy atom. The predicted octanol–water partition coefficient (Wildman–Crippen LogP) is 4.27. The zero-order valence-corrected chi connectivity index (χ0v) is 20.0. The molecule has 3 N–H and O–H groups in total. The summed E-state index contributed by atoms with van der Waals surface area (Å²) in [6, 6.07) is 8.22. The minimum absolute atomic E-state index is 0.0702. The van der Waals surface area contributed by atoms with Crippen LogP contribution >= 0.6 is 0 Å². The SMILES string of the molecule is Cc1cc(Cn2c(C)c(C(=O)O)c3c([C@@H](c4cccc(F)c4C(N)=O)C4CC4)ccc(F)c3c2=O)no1. The molecule has 0 spiro atoms. The minimum atomic E-state index is -1.36. The highest BCUT2D eigenvalue weighted by molar-refractivity contribution is 6.06. The standard InChI is InChI=1S/C27H23F2N3O5/c1-12-10-15(31-37-12)11-32-13(2)20(27(35)36)23-17(8-9-19(29)24(23)26(32)34)21(14-6-7-14)16-4-3-5-18(28)22(16)25(30)33/h3-5,8-10,14,21H,6-7,11H2,1-2H3,(H2,30,33)(H,35,36)/t21-/m1/s1. The van der Waals surface area contributed by atoms with Crippen LogP contribution in [0.2, 0.25) is 0 Å². The highest BCUT2D eigenvalue weighted by Crippen LogP contribution is 2.49. The Labute approximate surface area is 209 Å². The molecule has 4 aromatic rings. The molecule has 1 aliphatic rings. The molecule has 10 heteroatoms. The second-order valence-electron chi connectivity index (χ2n) is 9.36.